The molecule has 2 nitrogen and oxygen atoms in total. The molecule has 120 valence electrons. The van der Waals surface area contributed by atoms with Gasteiger partial charge < -0.3 is 0 Å². The Kier molecular flexibility index (Phi) is 6.82. The van der Waals surface area contributed by atoms with Gasteiger partial charge in [0, 0.05) is 0 Å². The van der Waals surface area contributed by atoms with Crippen LogP contribution in [-0.4, -0.2) is 0 Å². The molecule has 2 rings (SSSR count). The van der Waals surface area contributed by atoms with Gasteiger partial charge in [-0.25, -0.2) is 0 Å². The first-order chi connectivity index (χ1) is 11.2. The van der Waals surface area contributed by atoms with Crippen LogP contribution in [0.1, 0.15) is 56.1 Å². The van der Waals surface area contributed by atoms with Crippen LogP contribution in [0.4, 0.5) is 4.39 Å². The molecule has 0 saturated heterocycles. The van der Waals surface area contributed by atoms with Crippen molar-refractivity contribution in [1.29, 1.82) is 10.5 Å². The molecule has 1 aromatic rings. The fourth-order valence-electron chi connectivity index (χ4n) is 3.40. The van der Waals surface area contributed by atoms with Crippen molar-refractivity contribution in [2.75, 3.05) is 0 Å². The van der Waals surface area contributed by atoms with E-state index in [9.17, 15) is 4.39 Å². The zero-order valence-corrected chi connectivity index (χ0v) is 13.5. The Morgan fingerprint density at radius 1 is 1.09 bits per heavy atom. The fourth-order valence-corrected chi connectivity index (χ4v) is 3.40. The number of rotatable bonds is 6. The van der Waals surface area contributed by atoms with Crippen LogP contribution in [0.2, 0.25) is 0 Å². The van der Waals surface area contributed by atoms with Gasteiger partial charge in [-0.3, -0.25) is 0 Å². The van der Waals surface area contributed by atoms with Gasteiger partial charge in [0.25, 0.3) is 0 Å². The third-order valence-electron chi connectivity index (χ3n) is 4.79. The van der Waals surface area contributed by atoms with Crippen molar-refractivity contribution >= 4 is 0 Å². The van der Waals surface area contributed by atoms with Crippen LogP contribution in [0, 0.1) is 34.5 Å². The molecule has 1 aliphatic rings. The van der Waals surface area contributed by atoms with Crippen LogP contribution in [0.3, 0.4) is 0 Å². The number of unbranched alkanes of at least 4 members (excludes halogenated alkanes) is 1. The molecule has 0 aliphatic heterocycles. The highest BCUT2D eigenvalue weighted by molar-refractivity contribution is 5.31. The van der Waals surface area contributed by atoms with E-state index >= 15 is 0 Å². The Balaban J connectivity index is 1.62. The van der Waals surface area contributed by atoms with E-state index < -0.39 is 5.83 Å². The number of hydrogen-bond donors (Lipinski definition) is 0. The van der Waals surface area contributed by atoms with E-state index in [1.165, 1.54) is 30.9 Å². The highest BCUT2D eigenvalue weighted by Gasteiger charge is 2.20. The molecule has 1 aromatic carbocycles. The van der Waals surface area contributed by atoms with Crippen molar-refractivity contribution in [2.45, 2.75) is 51.4 Å². The van der Waals surface area contributed by atoms with E-state index in [0.29, 0.717) is 5.56 Å². The Morgan fingerprint density at radius 2 is 1.78 bits per heavy atom. The summed E-state index contributed by atoms with van der Waals surface area (Å²) in [6, 6.07) is 11.5. The molecule has 0 aromatic heterocycles. The fraction of sp³-hybridized carbons (Fsp3) is 0.500. The second kappa shape index (κ2) is 9.11. The van der Waals surface area contributed by atoms with E-state index in [-0.39, 0.29) is 5.92 Å². The van der Waals surface area contributed by atoms with Gasteiger partial charge in [-0.15, -0.1) is 0 Å². The van der Waals surface area contributed by atoms with E-state index in [2.05, 4.69) is 6.07 Å². The van der Waals surface area contributed by atoms with E-state index in [1.54, 1.807) is 6.07 Å². The van der Waals surface area contributed by atoms with Gasteiger partial charge in [0.05, 0.1) is 11.6 Å². The predicted molar refractivity (Wildman–Crippen MR) is 89.0 cm³/mol. The monoisotopic (exact) mass is 310 g/mol. The Labute approximate surface area is 138 Å². The second-order valence-corrected chi connectivity index (χ2v) is 6.46. The van der Waals surface area contributed by atoms with Crippen LogP contribution in [0.15, 0.2) is 36.2 Å². The summed E-state index contributed by atoms with van der Waals surface area (Å²) in [5, 5.41) is 17.3. The summed E-state index contributed by atoms with van der Waals surface area (Å²) in [4.78, 5) is 0. The molecule has 0 bridgehead atoms. The van der Waals surface area contributed by atoms with Crippen LogP contribution in [0.25, 0.3) is 0 Å². The molecule has 1 fully saturated rings. The van der Waals surface area contributed by atoms with Crippen molar-refractivity contribution in [1.82, 2.24) is 0 Å². The third-order valence-corrected chi connectivity index (χ3v) is 4.79. The first kappa shape index (κ1) is 17.2. The van der Waals surface area contributed by atoms with Gasteiger partial charge in [-0.1, -0.05) is 25.0 Å². The van der Waals surface area contributed by atoms with Gasteiger partial charge >= 0.3 is 0 Å². The summed E-state index contributed by atoms with van der Waals surface area (Å²) >= 11 is 0. The smallest absolute Gasteiger partial charge is 0.195 e. The Hall–Kier alpha value is -2.13. The van der Waals surface area contributed by atoms with E-state index in [4.69, 9.17) is 10.5 Å². The SMILES string of the molecule is N#C/C(F)=C/C1CCC(CCCCc2ccc(C#N)cc2)CC1. The average molecular weight is 310 g/mol. The van der Waals surface area contributed by atoms with Gasteiger partial charge in [0.2, 0.25) is 0 Å². The Bertz CT molecular complexity index is 596. The minimum absolute atomic E-state index is 0.254. The summed E-state index contributed by atoms with van der Waals surface area (Å²) in [6.45, 7) is 0. The Morgan fingerprint density at radius 3 is 2.39 bits per heavy atom. The number of benzene rings is 1. The lowest BCUT2D eigenvalue weighted by molar-refractivity contribution is 0.288. The minimum atomic E-state index is -0.629. The summed E-state index contributed by atoms with van der Waals surface area (Å²) in [5.74, 6) is 0.381. The minimum Gasteiger partial charge on any atom is -0.195 e. The predicted octanol–water partition coefficient (Wildman–Crippen LogP) is 5.45. The van der Waals surface area contributed by atoms with Gasteiger partial charge in [0.15, 0.2) is 5.83 Å². The quantitative estimate of drug-likeness (QED) is 0.518. The zero-order chi connectivity index (χ0) is 16.5. The maximum absolute atomic E-state index is 13.0. The zero-order valence-electron chi connectivity index (χ0n) is 13.5. The summed E-state index contributed by atoms with van der Waals surface area (Å²) in [5.41, 5.74) is 2.01. The second-order valence-electron chi connectivity index (χ2n) is 6.46. The number of nitrogens with zero attached hydrogens (tertiary/aromatic N) is 2. The highest BCUT2D eigenvalue weighted by Crippen LogP contribution is 2.33. The van der Waals surface area contributed by atoms with Crippen molar-refractivity contribution in [3.05, 3.63) is 47.3 Å². The first-order valence-electron chi connectivity index (χ1n) is 8.47. The largest absolute Gasteiger partial charge is 0.196 e. The van der Waals surface area contributed by atoms with Gasteiger partial charge in [0.1, 0.15) is 6.07 Å². The lowest BCUT2D eigenvalue weighted by Gasteiger charge is -2.26. The number of hydrogen-bond acceptors (Lipinski definition) is 2. The molecule has 0 amide bonds. The molecule has 1 saturated carbocycles. The van der Waals surface area contributed by atoms with Crippen LogP contribution >= 0.6 is 0 Å². The lowest BCUT2D eigenvalue weighted by Crippen LogP contribution is -2.13. The molecule has 0 unspecified atom stereocenters. The van der Waals surface area contributed by atoms with E-state index in [0.717, 1.165) is 38.0 Å². The normalized spacial score (nSPS) is 21.4. The topological polar surface area (TPSA) is 47.6 Å². The number of nitriles is 2. The molecular formula is C20H23FN2. The summed E-state index contributed by atoms with van der Waals surface area (Å²) < 4.78 is 13.0. The molecular weight excluding hydrogens is 287 g/mol. The number of allylic oxidation sites excluding steroid dienone is 2. The van der Waals surface area contributed by atoms with E-state index in [1.807, 2.05) is 24.3 Å². The molecule has 3 heteroatoms. The van der Waals surface area contributed by atoms with Crippen molar-refractivity contribution in [3.63, 3.8) is 0 Å². The van der Waals surface area contributed by atoms with Gasteiger partial charge in [-0.05, 0) is 74.1 Å². The summed E-state index contributed by atoms with van der Waals surface area (Å²) in [6.07, 6.45) is 10.5. The number of halogens is 1. The van der Waals surface area contributed by atoms with Crippen LogP contribution in [0.5, 0.6) is 0 Å². The molecule has 0 spiro atoms. The van der Waals surface area contributed by atoms with Crippen molar-refractivity contribution in [3.8, 4) is 12.1 Å². The highest BCUT2D eigenvalue weighted by atomic mass is 19.1. The lowest BCUT2D eigenvalue weighted by atomic mass is 9.79. The molecule has 0 heterocycles. The van der Waals surface area contributed by atoms with Crippen molar-refractivity contribution in [2.24, 2.45) is 11.8 Å². The molecule has 0 N–H and O–H groups in total. The standard InChI is InChI=1S/C20H23FN2/c21-20(15-23)13-18-9-5-16(6-10-18)3-1-2-4-17-7-11-19(14-22)12-8-17/h7-8,11-13,16,18H,1-6,9-10H2/b20-13-. The summed E-state index contributed by atoms with van der Waals surface area (Å²) in [7, 11) is 0. The van der Waals surface area contributed by atoms with Crippen LogP contribution < -0.4 is 0 Å². The maximum atomic E-state index is 13.0. The number of aryl methyl sites for hydroxylation is 1. The molecule has 23 heavy (non-hydrogen) atoms. The molecule has 1 aliphatic carbocycles. The third kappa shape index (κ3) is 5.87. The van der Waals surface area contributed by atoms with Crippen LogP contribution in [-0.2, 0) is 6.42 Å². The van der Waals surface area contributed by atoms with Gasteiger partial charge in [-0.2, -0.15) is 14.9 Å². The molecule has 0 atom stereocenters. The maximum Gasteiger partial charge on any atom is 0.196 e. The first-order valence-corrected chi connectivity index (χ1v) is 8.47. The molecule has 0 radical (unpaired) electrons. The van der Waals surface area contributed by atoms with Crippen molar-refractivity contribution < 1.29 is 4.39 Å². The average Bonchev–Trinajstić information content (AvgIpc) is 2.60.